The van der Waals surface area contributed by atoms with E-state index in [1.807, 2.05) is 14.0 Å². The maximum Gasteiger partial charge on any atom is 0.0492 e. The summed E-state index contributed by atoms with van der Waals surface area (Å²) in [5.74, 6) is 0. The lowest BCUT2D eigenvalue weighted by atomic mass is 10.4. The molecule has 0 saturated carbocycles. The van der Waals surface area contributed by atoms with Crippen molar-refractivity contribution in [3.63, 3.8) is 0 Å². The smallest absolute Gasteiger partial charge is 0.0492 e. The minimum absolute atomic E-state index is 0.949. The molecule has 0 spiro atoms. The summed E-state index contributed by atoms with van der Waals surface area (Å²) >= 11 is 2.11. The molecule has 0 radical (unpaired) electrons. The minimum Gasteiger partial charge on any atom is -0.391 e. The quantitative estimate of drug-likeness (QED) is 0.541. The Bertz CT molecular complexity index is 118. The molecule has 0 saturated heterocycles. The summed E-state index contributed by atoms with van der Waals surface area (Å²) in [6.45, 7) is 1.94. The van der Waals surface area contributed by atoms with Gasteiger partial charge in [-0.3, -0.25) is 0 Å². The molecule has 0 aliphatic rings. The van der Waals surface area contributed by atoms with E-state index in [1.165, 1.54) is 6.21 Å². The van der Waals surface area contributed by atoms with Gasteiger partial charge in [-0.2, -0.15) is 0 Å². The molecule has 0 aliphatic carbocycles. The minimum atomic E-state index is 0.949. The third kappa shape index (κ3) is 2.30. The molecule has 3 heteroatoms. The van der Waals surface area contributed by atoms with Crippen molar-refractivity contribution in [3.8, 4) is 0 Å². The van der Waals surface area contributed by atoms with E-state index in [2.05, 4.69) is 27.9 Å². The Labute approximate surface area is 63.0 Å². The predicted molar refractivity (Wildman–Crippen MR) is 44.6 cm³/mol. The standard InChI is InChI=1S/C5H9IN2/c1-4(8-2)5(6)3-7/h3,7-8H,1-2H3/b5-4+,7-3?. The predicted octanol–water partition coefficient (Wildman–Crippen LogP) is 1.52. The van der Waals surface area contributed by atoms with Crippen molar-refractivity contribution in [2.24, 2.45) is 0 Å². The molecule has 0 atom stereocenters. The first-order valence-corrected chi connectivity index (χ1v) is 3.35. The van der Waals surface area contributed by atoms with E-state index in [4.69, 9.17) is 5.41 Å². The largest absolute Gasteiger partial charge is 0.391 e. The van der Waals surface area contributed by atoms with Crippen LogP contribution < -0.4 is 5.32 Å². The van der Waals surface area contributed by atoms with Crippen LogP contribution in [-0.2, 0) is 0 Å². The van der Waals surface area contributed by atoms with E-state index in [-0.39, 0.29) is 0 Å². The zero-order valence-corrected chi connectivity index (χ0v) is 7.11. The van der Waals surface area contributed by atoms with Crippen LogP contribution in [0, 0.1) is 5.41 Å². The van der Waals surface area contributed by atoms with Crippen molar-refractivity contribution in [2.75, 3.05) is 7.05 Å². The molecule has 0 aromatic carbocycles. The summed E-state index contributed by atoms with van der Waals surface area (Å²) in [6, 6.07) is 0. The van der Waals surface area contributed by atoms with Crippen LogP contribution in [-0.4, -0.2) is 13.3 Å². The van der Waals surface area contributed by atoms with Gasteiger partial charge < -0.3 is 10.7 Å². The normalized spacial score (nSPS) is 12.4. The Kier molecular flexibility index (Phi) is 3.85. The number of halogens is 1. The van der Waals surface area contributed by atoms with E-state index in [0.717, 1.165) is 9.28 Å². The average Bonchev–Trinajstić information content (AvgIpc) is 1.84. The topological polar surface area (TPSA) is 35.9 Å². The second-order valence-corrected chi connectivity index (χ2v) is 2.53. The number of allylic oxidation sites excluding steroid dienone is 2. The van der Waals surface area contributed by atoms with Crippen molar-refractivity contribution in [1.82, 2.24) is 5.32 Å². The van der Waals surface area contributed by atoms with Gasteiger partial charge in [-0.25, -0.2) is 0 Å². The van der Waals surface area contributed by atoms with Crippen molar-refractivity contribution in [3.05, 3.63) is 9.28 Å². The van der Waals surface area contributed by atoms with E-state index < -0.39 is 0 Å². The summed E-state index contributed by atoms with van der Waals surface area (Å²) < 4.78 is 0.949. The SMILES string of the molecule is CN/C(C)=C(/I)C=N. The fourth-order valence-corrected chi connectivity index (χ4v) is 0.497. The molecule has 0 unspecified atom stereocenters. The van der Waals surface area contributed by atoms with E-state index in [0.29, 0.717) is 0 Å². The van der Waals surface area contributed by atoms with Gasteiger partial charge in [0, 0.05) is 22.5 Å². The zero-order valence-electron chi connectivity index (χ0n) is 4.96. The summed E-state index contributed by atoms with van der Waals surface area (Å²) in [6.07, 6.45) is 1.33. The third-order valence-corrected chi connectivity index (χ3v) is 1.98. The van der Waals surface area contributed by atoms with Crippen molar-refractivity contribution in [2.45, 2.75) is 6.92 Å². The molecule has 0 amide bonds. The molecule has 0 rings (SSSR count). The molecule has 2 N–H and O–H groups in total. The van der Waals surface area contributed by atoms with Crippen molar-refractivity contribution >= 4 is 28.8 Å². The van der Waals surface area contributed by atoms with Crippen LogP contribution in [0.4, 0.5) is 0 Å². The second-order valence-electron chi connectivity index (χ2n) is 1.37. The van der Waals surface area contributed by atoms with Crippen LogP contribution in [0.1, 0.15) is 6.92 Å². The molecular formula is C5H9IN2. The van der Waals surface area contributed by atoms with Crippen molar-refractivity contribution < 1.29 is 0 Å². The van der Waals surface area contributed by atoms with Gasteiger partial charge in [0.05, 0.1) is 0 Å². The highest BCUT2D eigenvalue weighted by Crippen LogP contribution is 2.05. The van der Waals surface area contributed by atoms with Crippen LogP contribution in [0.2, 0.25) is 0 Å². The highest BCUT2D eigenvalue weighted by Gasteiger charge is 1.87. The Morgan fingerprint density at radius 1 is 1.75 bits per heavy atom. The fourth-order valence-electron chi connectivity index (χ4n) is 0.228. The van der Waals surface area contributed by atoms with Crippen LogP contribution in [0.3, 0.4) is 0 Å². The lowest BCUT2D eigenvalue weighted by Crippen LogP contribution is -2.03. The Morgan fingerprint density at radius 3 is 2.38 bits per heavy atom. The second kappa shape index (κ2) is 3.88. The highest BCUT2D eigenvalue weighted by atomic mass is 127. The molecule has 46 valence electrons. The van der Waals surface area contributed by atoms with E-state index in [1.54, 1.807) is 0 Å². The van der Waals surface area contributed by atoms with Crippen molar-refractivity contribution in [1.29, 1.82) is 5.41 Å². The van der Waals surface area contributed by atoms with Gasteiger partial charge in [0.25, 0.3) is 0 Å². The van der Waals surface area contributed by atoms with Gasteiger partial charge in [0.1, 0.15) is 0 Å². The maximum absolute atomic E-state index is 6.81. The Morgan fingerprint density at radius 2 is 2.25 bits per heavy atom. The Hall–Kier alpha value is -0.0600. The molecule has 0 bridgehead atoms. The number of hydrogen-bond donors (Lipinski definition) is 2. The average molecular weight is 224 g/mol. The molecule has 2 nitrogen and oxygen atoms in total. The first-order chi connectivity index (χ1) is 3.72. The van der Waals surface area contributed by atoms with Gasteiger partial charge in [0.2, 0.25) is 0 Å². The third-order valence-electron chi connectivity index (χ3n) is 0.860. The Balaban J connectivity index is 4.03. The van der Waals surface area contributed by atoms with Crippen LogP contribution in [0.25, 0.3) is 0 Å². The van der Waals surface area contributed by atoms with Crippen LogP contribution >= 0.6 is 22.6 Å². The summed E-state index contributed by atoms with van der Waals surface area (Å²) in [5.41, 5.74) is 1.04. The first kappa shape index (κ1) is 7.94. The molecule has 0 aromatic heterocycles. The number of hydrogen-bond acceptors (Lipinski definition) is 2. The number of rotatable bonds is 2. The number of nitrogens with one attached hydrogen (secondary N) is 2. The lowest BCUT2D eigenvalue weighted by molar-refractivity contribution is 0.992. The molecule has 0 aromatic rings. The van der Waals surface area contributed by atoms with Gasteiger partial charge in [-0.05, 0) is 29.5 Å². The molecule has 0 heterocycles. The van der Waals surface area contributed by atoms with E-state index in [9.17, 15) is 0 Å². The monoisotopic (exact) mass is 224 g/mol. The first-order valence-electron chi connectivity index (χ1n) is 2.27. The molecular weight excluding hydrogens is 215 g/mol. The van der Waals surface area contributed by atoms with Gasteiger partial charge in [0.15, 0.2) is 0 Å². The summed E-state index contributed by atoms with van der Waals surface area (Å²) in [7, 11) is 1.84. The zero-order chi connectivity index (χ0) is 6.57. The van der Waals surface area contributed by atoms with E-state index >= 15 is 0 Å². The van der Waals surface area contributed by atoms with Crippen LogP contribution in [0.5, 0.6) is 0 Å². The summed E-state index contributed by atoms with van der Waals surface area (Å²) in [5, 5.41) is 9.75. The molecule has 0 aliphatic heterocycles. The van der Waals surface area contributed by atoms with Gasteiger partial charge >= 0.3 is 0 Å². The fraction of sp³-hybridized carbons (Fsp3) is 0.400. The maximum atomic E-state index is 6.81. The molecule has 0 fully saturated rings. The molecule has 8 heavy (non-hydrogen) atoms. The lowest BCUT2D eigenvalue weighted by Gasteiger charge is -1.97. The van der Waals surface area contributed by atoms with Crippen LogP contribution in [0.15, 0.2) is 9.28 Å². The summed E-state index contributed by atoms with van der Waals surface area (Å²) in [4.78, 5) is 0. The van der Waals surface area contributed by atoms with Gasteiger partial charge in [-0.15, -0.1) is 0 Å². The van der Waals surface area contributed by atoms with Gasteiger partial charge in [-0.1, -0.05) is 0 Å². The highest BCUT2D eigenvalue weighted by molar-refractivity contribution is 14.1.